The Kier molecular flexibility index (Phi) is 9.20. The van der Waals surface area contributed by atoms with E-state index in [0.717, 1.165) is 64.9 Å². The summed E-state index contributed by atoms with van der Waals surface area (Å²) in [5.74, 6) is 0.191. The summed E-state index contributed by atoms with van der Waals surface area (Å²) in [6, 6.07) is 14.2. The van der Waals surface area contributed by atoms with Crippen molar-refractivity contribution in [1.82, 2.24) is 10.0 Å². The zero-order valence-corrected chi connectivity index (χ0v) is 21.3. The first-order chi connectivity index (χ1) is 16.7. The smallest absolute Gasteiger partial charge is 0.208 e. The summed E-state index contributed by atoms with van der Waals surface area (Å²) in [4.78, 5) is 4.50. The number of benzene rings is 2. The van der Waals surface area contributed by atoms with Crippen molar-refractivity contribution in [2.75, 3.05) is 19.3 Å². The first kappa shape index (κ1) is 26.6. The second kappa shape index (κ2) is 12.1. The van der Waals surface area contributed by atoms with E-state index in [9.17, 15) is 8.42 Å². The van der Waals surface area contributed by atoms with Gasteiger partial charge in [-0.25, -0.2) is 18.1 Å². The number of amidine groups is 1. The number of fused-ring (bicyclic) bond motifs is 1. The maximum Gasteiger partial charge on any atom is 0.208 e. The Bertz CT molecular complexity index is 1220. The summed E-state index contributed by atoms with van der Waals surface area (Å²) in [5.41, 5.74) is 18.7. The van der Waals surface area contributed by atoms with Crippen LogP contribution in [0, 0.1) is 5.41 Å². The van der Waals surface area contributed by atoms with Crippen molar-refractivity contribution >= 4 is 32.8 Å². The monoisotopic (exact) mass is 496 g/mol. The van der Waals surface area contributed by atoms with Crippen molar-refractivity contribution < 1.29 is 8.42 Å². The van der Waals surface area contributed by atoms with Crippen molar-refractivity contribution in [2.24, 2.45) is 16.5 Å². The molecule has 1 heterocycles. The topological polar surface area (TPSA) is 146 Å². The lowest BCUT2D eigenvalue weighted by molar-refractivity contribution is 0.585. The van der Waals surface area contributed by atoms with E-state index >= 15 is 0 Å². The van der Waals surface area contributed by atoms with Crippen molar-refractivity contribution in [3.8, 4) is 0 Å². The van der Waals surface area contributed by atoms with Gasteiger partial charge in [0.2, 0.25) is 10.0 Å². The Morgan fingerprint density at radius 2 is 1.71 bits per heavy atom. The molecule has 7 N–H and O–H groups in total. The van der Waals surface area contributed by atoms with Crippen LogP contribution in [-0.2, 0) is 29.4 Å². The third kappa shape index (κ3) is 7.48. The molecule has 9 heteroatoms. The molecule has 1 aliphatic rings. The van der Waals surface area contributed by atoms with Gasteiger partial charge >= 0.3 is 0 Å². The predicted octanol–water partition coefficient (Wildman–Crippen LogP) is 2.99. The average molecular weight is 497 g/mol. The van der Waals surface area contributed by atoms with Crippen LogP contribution >= 0.6 is 0 Å². The number of aryl methyl sites for hydroxylation is 1. The molecule has 0 saturated carbocycles. The van der Waals surface area contributed by atoms with Gasteiger partial charge in [-0.1, -0.05) is 49.7 Å². The van der Waals surface area contributed by atoms with E-state index in [0.29, 0.717) is 32.4 Å². The molecule has 0 amide bonds. The lowest BCUT2D eigenvalue weighted by Gasteiger charge is -2.23. The fourth-order valence-corrected chi connectivity index (χ4v) is 4.52. The molecule has 0 aliphatic carbocycles. The first-order valence-corrected chi connectivity index (χ1v) is 13.9. The van der Waals surface area contributed by atoms with Crippen LogP contribution in [0.4, 0.5) is 5.69 Å². The predicted molar refractivity (Wildman–Crippen MR) is 144 cm³/mol. The number of aliphatic imine (C=N–C) groups is 1. The maximum absolute atomic E-state index is 11.3. The Morgan fingerprint density at radius 3 is 2.37 bits per heavy atom. The third-order valence-electron chi connectivity index (χ3n) is 5.90. The van der Waals surface area contributed by atoms with Crippen LogP contribution in [0.25, 0.3) is 5.57 Å². The molecule has 3 rings (SSSR count). The van der Waals surface area contributed by atoms with Crippen molar-refractivity contribution in [3.05, 3.63) is 70.4 Å². The van der Waals surface area contributed by atoms with Gasteiger partial charge in [0, 0.05) is 42.9 Å². The summed E-state index contributed by atoms with van der Waals surface area (Å²) in [6.45, 7) is 3.84. The third-order valence-corrected chi connectivity index (χ3v) is 6.62. The average Bonchev–Trinajstić information content (AvgIpc) is 2.82. The molecular weight excluding hydrogens is 460 g/mol. The van der Waals surface area contributed by atoms with Gasteiger partial charge in [0.1, 0.15) is 11.5 Å². The van der Waals surface area contributed by atoms with E-state index in [1.165, 1.54) is 0 Å². The van der Waals surface area contributed by atoms with E-state index in [-0.39, 0.29) is 11.5 Å². The molecule has 0 bridgehead atoms. The van der Waals surface area contributed by atoms with E-state index in [4.69, 9.17) is 16.9 Å². The standard InChI is InChI=1S/C26H36N6O2S/c1-3-4-13-30-23(16-19-7-9-20(17-27)10-8-19)24-21-12-11-18(6-5-14-31-35(2,33)34)15-22(21)32-26(29)25(24)28/h7-12,15,28,30-31H,3-6,13-14,16-17,27H2,1-2H3,(H2,29,32)/b24-23-,28-25?. The fourth-order valence-electron chi connectivity index (χ4n) is 4.00. The van der Waals surface area contributed by atoms with Gasteiger partial charge in [-0.2, -0.15) is 0 Å². The summed E-state index contributed by atoms with van der Waals surface area (Å²) < 4.78 is 25.1. The number of hydrogen-bond acceptors (Lipinski definition) is 7. The van der Waals surface area contributed by atoms with Gasteiger partial charge in [-0.15, -0.1) is 0 Å². The second-order valence-corrected chi connectivity index (χ2v) is 10.7. The quantitative estimate of drug-likeness (QED) is 0.287. The number of rotatable bonds is 12. The van der Waals surface area contributed by atoms with Crippen LogP contribution in [-0.4, -0.2) is 39.3 Å². The summed E-state index contributed by atoms with van der Waals surface area (Å²) in [5, 5.41) is 12.3. The lowest BCUT2D eigenvalue weighted by atomic mass is 9.90. The molecule has 2 aromatic carbocycles. The highest BCUT2D eigenvalue weighted by Crippen LogP contribution is 2.35. The number of unbranched alkanes of at least 4 members (excludes halogenated alkanes) is 1. The number of allylic oxidation sites excluding steroid dienone is 1. The minimum absolute atomic E-state index is 0.191. The van der Waals surface area contributed by atoms with E-state index < -0.39 is 10.0 Å². The van der Waals surface area contributed by atoms with Gasteiger partial charge in [0.15, 0.2) is 0 Å². The van der Waals surface area contributed by atoms with E-state index in [1.54, 1.807) is 0 Å². The number of nitrogens with zero attached hydrogens (tertiary/aromatic N) is 1. The van der Waals surface area contributed by atoms with Crippen LogP contribution in [0.2, 0.25) is 0 Å². The highest BCUT2D eigenvalue weighted by Gasteiger charge is 2.25. The fraction of sp³-hybridized carbons (Fsp3) is 0.385. The highest BCUT2D eigenvalue weighted by molar-refractivity contribution is 7.88. The zero-order chi connectivity index (χ0) is 25.4. The molecule has 0 spiro atoms. The normalized spacial score (nSPS) is 14.9. The summed E-state index contributed by atoms with van der Waals surface area (Å²) in [7, 11) is -3.19. The lowest BCUT2D eigenvalue weighted by Crippen LogP contribution is -2.30. The molecule has 8 nitrogen and oxygen atoms in total. The molecule has 35 heavy (non-hydrogen) atoms. The van der Waals surface area contributed by atoms with Crippen molar-refractivity contribution in [2.45, 2.75) is 45.6 Å². The largest absolute Gasteiger partial charge is 0.388 e. The van der Waals surface area contributed by atoms with Crippen LogP contribution in [0.15, 0.2) is 53.2 Å². The maximum atomic E-state index is 11.3. The molecule has 2 aromatic rings. The van der Waals surface area contributed by atoms with Crippen LogP contribution in [0.5, 0.6) is 0 Å². The van der Waals surface area contributed by atoms with Gasteiger partial charge < -0.3 is 16.8 Å². The SMILES string of the molecule is CCCCN/C(Cc1ccc(CN)cc1)=C1\C(=N)C(N)=Nc2cc(CCCNS(C)(=O)=O)ccc21. The summed E-state index contributed by atoms with van der Waals surface area (Å²) >= 11 is 0. The molecule has 0 unspecified atom stereocenters. The molecular formula is C26H36N6O2S. The Hall–Kier alpha value is -3.01. The van der Waals surface area contributed by atoms with Crippen molar-refractivity contribution in [1.29, 1.82) is 5.41 Å². The number of sulfonamides is 1. The number of nitrogens with two attached hydrogens (primary N) is 2. The van der Waals surface area contributed by atoms with Gasteiger partial charge in [0.25, 0.3) is 0 Å². The second-order valence-electron chi connectivity index (χ2n) is 8.82. The molecule has 0 atom stereocenters. The minimum atomic E-state index is -3.19. The Labute approximate surface area is 208 Å². The minimum Gasteiger partial charge on any atom is -0.388 e. The number of hydrogen-bond donors (Lipinski definition) is 5. The first-order valence-electron chi connectivity index (χ1n) is 12.0. The van der Waals surface area contributed by atoms with Crippen molar-refractivity contribution in [3.63, 3.8) is 0 Å². The van der Waals surface area contributed by atoms with E-state index in [1.807, 2.05) is 30.3 Å². The Balaban J connectivity index is 1.93. The highest BCUT2D eigenvalue weighted by atomic mass is 32.2. The molecule has 0 radical (unpaired) electrons. The summed E-state index contributed by atoms with van der Waals surface area (Å²) in [6.07, 6.45) is 5.26. The number of nitrogens with one attached hydrogen (secondary N) is 3. The van der Waals surface area contributed by atoms with E-state index in [2.05, 4.69) is 34.1 Å². The molecule has 1 aliphatic heterocycles. The van der Waals surface area contributed by atoms with Gasteiger partial charge in [-0.3, -0.25) is 5.41 Å². The molecule has 0 aromatic heterocycles. The van der Waals surface area contributed by atoms with Gasteiger partial charge in [-0.05, 0) is 42.0 Å². The van der Waals surface area contributed by atoms with Gasteiger partial charge in [0.05, 0.1) is 11.9 Å². The Morgan fingerprint density at radius 1 is 1.03 bits per heavy atom. The van der Waals surface area contributed by atoms with Crippen LogP contribution in [0.1, 0.15) is 48.4 Å². The molecule has 0 fully saturated rings. The zero-order valence-electron chi connectivity index (χ0n) is 20.5. The molecule has 188 valence electrons. The van der Waals surface area contributed by atoms with Crippen LogP contribution in [0.3, 0.4) is 0 Å². The molecule has 0 saturated heterocycles. The van der Waals surface area contributed by atoms with Crippen LogP contribution < -0.4 is 21.5 Å².